The number of hydrogen-bond acceptors (Lipinski definition) is 7. The summed E-state index contributed by atoms with van der Waals surface area (Å²) in [6, 6.07) is 15.6. The van der Waals surface area contributed by atoms with E-state index in [0.29, 0.717) is 17.2 Å². The van der Waals surface area contributed by atoms with Crippen LogP contribution in [0.2, 0.25) is 0 Å². The second kappa shape index (κ2) is 7.84. The fourth-order valence-electron chi connectivity index (χ4n) is 4.01. The number of pyridine rings is 1. The number of aliphatic imine (C=N–C) groups is 1. The van der Waals surface area contributed by atoms with Crippen LogP contribution in [0.5, 0.6) is 17.2 Å². The van der Waals surface area contributed by atoms with Crippen LogP contribution in [0, 0.1) is 5.92 Å². The van der Waals surface area contributed by atoms with Crippen LogP contribution in [0.25, 0.3) is 11.1 Å². The molecule has 0 fully saturated rings. The van der Waals surface area contributed by atoms with Crippen molar-refractivity contribution in [2.75, 3.05) is 13.2 Å². The maximum Gasteiger partial charge on any atom is 0.283 e. The van der Waals surface area contributed by atoms with Gasteiger partial charge in [-0.1, -0.05) is 26.0 Å². The van der Waals surface area contributed by atoms with Crippen molar-refractivity contribution in [2.45, 2.75) is 25.5 Å². The number of aliphatic hydroxyl groups is 1. The molecule has 0 radical (unpaired) electrons. The fraction of sp³-hybridized carbons (Fsp3) is 0.280. The topological polar surface area (TPSA) is 99.2 Å². The van der Waals surface area contributed by atoms with Crippen molar-refractivity contribution < 1.29 is 19.3 Å². The number of nitrogens with zero attached hydrogens (tertiary/aromatic N) is 2. The Morgan fingerprint density at radius 3 is 2.56 bits per heavy atom. The van der Waals surface area contributed by atoms with Gasteiger partial charge in [0, 0.05) is 29.1 Å². The van der Waals surface area contributed by atoms with E-state index in [4.69, 9.17) is 24.9 Å². The van der Waals surface area contributed by atoms with E-state index in [1.165, 1.54) is 0 Å². The van der Waals surface area contributed by atoms with Crippen molar-refractivity contribution in [3.63, 3.8) is 0 Å². The molecule has 3 aromatic rings. The molecule has 2 aromatic carbocycles. The van der Waals surface area contributed by atoms with Crippen LogP contribution >= 0.6 is 0 Å². The normalized spacial score (nSPS) is 19.6. The van der Waals surface area contributed by atoms with Gasteiger partial charge in [-0.25, -0.2) is 4.99 Å². The molecule has 2 atom stereocenters. The molecule has 5 rings (SSSR count). The van der Waals surface area contributed by atoms with Crippen molar-refractivity contribution in [1.82, 2.24) is 4.98 Å². The molecule has 1 aromatic heterocycles. The minimum Gasteiger partial charge on any atom is -0.491 e. The number of amidine groups is 1. The van der Waals surface area contributed by atoms with Gasteiger partial charge in [0.25, 0.3) is 6.02 Å². The third kappa shape index (κ3) is 3.44. The predicted octanol–water partition coefficient (Wildman–Crippen LogP) is 3.84. The van der Waals surface area contributed by atoms with E-state index in [1.54, 1.807) is 6.20 Å². The van der Waals surface area contributed by atoms with Gasteiger partial charge in [-0.05, 0) is 47.9 Å². The van der Waals surface area contributed by atoms with E-state index < -0.39 is 11.6 Å². The van der Waals surface area contributed by atoms with Crippen molar-refractivity contribution in [1.29, 1.82) is 0 Å². The van der Waals surface area contributed by atoms with E-state index in [2.05, 4.69) is 11.1 Å². The lowest BCUT2D eigenvalue weighted by molar-refractivity contribution is 0.0700. The van der Waals surface area contributed by atoms with Crippen LogP contribution in [0.4, 0.5) is 0 Å². The number of benzene rings is 2. The molecular formula is C25H25N3O4. The molecule has 0 saturated carbocycles. The zero-order valence-electron chi connectivity index (χ0n) is 18.0. The lowest BCUT2D eigenvalue weighted by Crippen LogP contribution is -2.31. The predicted molar refractivity (Wildman–Crippen MR) is 121 cm³/mol. The van der Waals surface area contributed by atoms with Gasteiger partial charge in [0.1, 0.15) is 30.5 Å². The quantitative estimate of drug-likeness (QED) is 0.637. The van der Waals surface area contributed by atoms with Gasteiger partial charge in [-0.2, -0.15) is 0 Å². The Balaban J connectivity index is 1.58. The number of nitrogens with two attached hydrogens (primary N) is 1. The zero-order chi connectivity index (χ0) is 22.3. The summed E-state index contributed by atoms with van der Waals surface area (Å²) in [6.07, 6.45) is 3.01. The average molecular weight is 431 g/mol. The molecule has 3 heterocycles. The molecule has 2 aliphatic rings. The molecule has 7 heteroatoms. The average Bonchev–Trinajstić information content (AvgIpc) is 3.20. The van der Waals surface area contributed by atoms with Gasteiger partial charge >= 0.3 is 0 Å². The Bertz CT molecular complexity index is 1180. The summed E-state index contributed by atoms with van der Waals surface area (Å²) in [5.41, 5.74) is 8.81. The van der Waals surface area contributed by atoms with E-state index in [-0.39, 0.29) is 25.2 Å². The summed E-state index contributed by atoms with van der Waals surface area (Å²) >= 11 is 0. The molecule has 0 amide bonds. The number of ether oxygens (including phenoxy) is 3. The highest BCUT2D eigenvalue weighted by atomic mass is 16.5. The second-order valence-electron chi connectivity index (χ2n) is 8.43. The lowest BCUT2D eigenvalue weighted by Gasteiger charge is -2.34. The summed E-state index contributed by atoms with van der Waals surface area (Å²) in [5.74, 6) is 2.10. The Hall–Kier alpha value is -3.58. The largest absolute Gasteiger partial charge is 0.491 e. The van der Waals surface area contributed by atoms with Gasteiger partial charge in [-0.15, -0.1) is 0 Å². The van der Waals surface area contributed by atoms with Gasteiger partial charge in [-0.3, -0.25) is 4.98 Å². The van der Waals surface area contributed by atoms with E-state index in [1.807, 2.05) is 62.5 Å². The highest BCUT2D eigenvalue weighted by molar-refractivity contribution is 5.78. The molecular weight excluding hydrogens is 406 g/mol. The van der Waals surface area contributed by atoms with E-state index >= 15 is 0 Å². The second-order valence-corrected chi connectivity index (χ2v) is 8.43. The first-order chi connectivity index (χ1) is 15.5. The highest BCUT2D eigenvalue weighted by Gasteiger charge is 2.47. The van der Waals surface area contributed by atoms with Gasteiger partial charge in [0.2, 0.25) is 0 Å². The Kier molecular flexibility index (Phi) is 4.98. The molecule has 7 nitrogen and oxygen atoms in total. The van der Waals surface area contributed by atoms with Crippen LogP contribution in [-0.2, 0) is 10.3 Å². The first-order valence-corrected chi connectivity index (χ1v) is 10.6. The van der Waals surface area contributed by atoms with Crippen LogP contribution < -0.4 is 15.2 Å². The van der Waals surface area contributed by atoms with Crippen molar-refractivity contribution in [3.05, 3.63) is 72.1 Å². The maximum absolute atomic E-state index is 10.1. The van der Waals surface area contributed by atoms with E-state index in [0.717, 1.165) is 22.3 Å². The zero-order valence-corrected chi connectivity index (χ0v) is 18.0. The standard InChI is InChI=1S/C25H25N3O4/c1-15(2)21(29)13-30-18-6-8-23-20(11-18)25(14-31-24(26)28-25)19-10-16(5-7-22(19)32-23)17-4-3-9-27-12-17/h3-12,15,21,29H,13-14H2,1-2H3,(H2,26,28)/t21?,25-/m0/s1. The summed E-state index contributed by atoms with van der Waals surface area (Å²) in [4.78, 5) is 8.96. The van der Waals surface area contributed by atoms with Gasteiger partial charge < -0.3 is 25.1 Å². The van der Waals surface area contributed by atoms with Crippen LogP contribution in [0.3, 0.4) is 0 Å². The van der Waals surface area contributed by atoms with Crippen LogP contribution in [-0.4, -0.2) is 35.4 Å². The smallest absolute Gasteiger partial charge is 0.283 e. The molecule has 32 heavy (non-hydrogen) atoms. The molecule has 0 saturated heterocycles. The minimum atomic E-state index is -0.846. The van der Waals surface area contributed by atoms with E-state index in [9.17, 15) is 5.11 Å². The number of aromatic nitrogens is 1. The van der Waals surface area contributed by atoms with Crippen molar-refractivity contribution in [2.24, 2.45) is 16.6 Å². The highest BCUT2D eigenvalue weighted by Crippen LogP contribution is 2.52. The summed E-state index contributed by atoms with van der Waals surface area (Å²) in [7, 11) is 0. The summed E-state index contributed by atoms with van der Waals surface area (Å²) in [6.45, 7) is 4.37. The lowest BCUT2D eigenvalue weighted by atomic mass is 9.80. The number of rotatable bonds is 5. The molecule has 0 bridgehead atoms. The van der Waals surface area contributed by atoms with Gasteiger partial charge in [0.05, 0.1) is 6.10 Å². The van der Waals surface area contributed by atoms with Crippen molar-refractivity contribution in [3.8, 4) is 28.4 Å². The maximum atomic E-state index is 10.1. The Labute approximate surface area is 186 Å². The van der Waals surface area contributed by atoms with Crippen LogP contribution in [0.1, 0.15) is 25.0 Å². The third-order valence-corrected chi connectivity index (χ3v) is 5.96. The Morgan fingerprint density at radius 2 is 1.88 bits per heavy atom. The first-order valence-electron chi connectivity index (χ1n) is 10.6. The summed E-state index contributed by atoms with van der Waals surface area (Å²) in [5, 5.41) is 10.1. The molecule has 3 N–H and O–H groups in total. The third-order valence-electron chi connectivity index (χ3n) is 5.96. The molecule has 1 unspecified atom stereocenters. The molecule has 2 aliphatic heterocycles. The number of fused-ring (bicyclic) bond motifs is 4. The van der Waals surface area contributed by atoms with Crippen LogP contribution in [0.15, 0.2) is 65.9 Å². The number of hydrogen-bond donors (Lipinski definition) is 2. The SMILES string of the molecule is CC(C)C(O)COc1ccc2c(c1)[C@]1(COC(N)=N1)c1cc(-c3cccnc3)ccc1O2. The summed E-state index contributed by atoms with van der Waals surface area (Å²) < 4.78 is 17.7. The monoisotopic (exact) mass is 431 g/mol. The number of aliphatic hydroxyl groups excluding tert-OH is 1. The van der Waals surface area contributed by atoms with Crippen molar-refractivity contribution >= 4 is 6.02 Å². The fourth-order valence-corrected chi connectivity index (χ4v) is 4.01. The first kappa shape index (κ1) is 20.3. The molecule has 1 spiro atoms. The minimum absolute atomic E-state index is 0.104. The van der Waals surface area contributed by atoms with Gasteiger partial charge in [0.15, 0.2) is 5.54 Å². The Morgan fingerprint density at radius 1 is 1.09 bits per heavy atom. The molecule has 164 valence electrons. The molecule has 0 aliphatic carbocycles.